The highest BCUT2D eigenvalue weighted by Crippen LogP contribution is 2.15. The van der Waals surface area contributed by atoms with Gasteiger partial charge < -0.3 is 14.8 Å². The summed E-state index contributed by atoms with van der Waals surface area (Å²) in [6.45, 7) is 5.24. The van der Waals surface area contributed by atoms with Crippen LogP contribution >= 0.6 is 0 Å². The highest BCUT2D eigenvalue weighted by Gasteiger charge is 2.21. The van der Waals surface area contributed by atoms with Crippen molar-refractivity contribution < 1.29 is 0 Å². The normalized spacial score (nSPS) is 15.8. The molecule has 1 N–H and O–H groups in total. The maximum absolute atomic E-state index is 12.3. The second-order valence-electron chi connectivity index (χ2n) is 5.84. The van der Waals surface area contributed by atoms with E-state index in [-0.39, 0.29) is 5.56 Å². The standard InChI is InChI=1S/C17H23N5O/c1-2-21-12-9-19-16(17(21)23)22-10-5-15(6-11-22)20-13-14-3-7-18-8-4-14/h3-4,7-9,12,15,20H,2,5-6,10-11,13H2,1H3. The third-order valence-corrected chi connectivity index (χ3v) is 4.37. The van der Waals surface area contributed by atoms with Crippen molar-refractivity contribution in [3.8, 4) is 0 Å². The first kappa shape index (κ1) is 15.7. The van der Waals surface area contributed by atoms with Gasteiger partial charge >= 0.3 is 0 Å². The number of hydrogen-bond acceptors (Lipinski definition) is 5. The lowest BCUT2D eigenvalue weighted by molar-refractivity contribution is 0.411. The maximum atomic E-state index is 12.3. The number of anilines is 1. The third kappa shape index (κ3) is 3.76. The number of nitrogens with one attached hydrogen (secondary N) is 1. The van der Waals surface area contributed by atoms with Gasteiger partial charge in [-0.25, -0.2) is 4.98 Å². The van der Waals surface area contributed by atoms with E-state index in [2.05, 4.69) is 20.2 Å². The minimum Gasteiger partial charge on any atom is -0.352 e. The zero-order valence-electron chi connectivity index (χ0n) is 13.5. The number of piperidine rings is 1. The molecule has 0 aromatic carbocycles. The van der Waals surface area contributed by atoms with Crippen LogP contribution in [0.2, 0.25) is 0 Å². The van der Waals surface area contributed by atoms with E-state index in [9.17, 15) is 4.79 Å². The van der Waals surface area contributed by atoms with Gasteiger partial charge in [0.05, 0.1) is 0 Å². The fourth-order valence-corrected chi connectivity index (χ4v) is 2.96. The fraction of sp³-hybridized carbons (Fsp3) is 0.471. The number of rotatable bonds is 5. The van der Waals surface area contributed by atoms with Crippen molar-refractivity contribution in [3.63, 3.8) is 0 Å². The quantitative estimate of drug-likeness (QED) is 0.904. The molecule has 6 nitrogen and oxygen atoms in total. The predicted octanol–water partition coefficient (Wildman–Crippen LogP) is 1.42. The van der Waals surface area contributed by atoms with Gasteiger partial charge in [-0.15, -0.1) is 0 Å². The lowest BCUT2D eigenvalue weighted by Gasteiger charge is -2.33. The predicted molar refractivity (Wildman–Crippen MR) is 90.5 cm³/mol. The minimum atomic E-state index is 0.0122. The SMILES string of the molecule is CCn1ccnc(N2CCC(NCc3ccncc3)CC2)c1=O. The van der Waals surface area contributed by atoms with Crippen LogP contribution in [-0.2, 0) is 13.1 Å². The molecule has 1 saturated heterocycles. The molecule has 1 fully saturated rings. The summed E-state index contributed by atoms with van der Waals surface area (Å²) in [4.78, 5) is 22.8. The molecule has 0 spiro atoms. The van der Waals surface area contributed by atoms with Gasteiger partial charge in [0.2, 0.25) is 0 Å². The van der Waals surface area contributed by atoms with Gasteiger partial charge in [0.15, 0.2) is 5.82 Å². The van der Waals surface area contributed by atoms with Crippen LogP contribution in [0.3, 0.4) is 0 Å². The van der Waals surface area contributed by atoms with Crippen LogP contribution in [0.1, 0.15) is 25.3 Å². The van der Waals surface area contributed by atoms with Gasteiger partial charge in [-0.3, -0.25) is 9.78 Å². The van der Waals surface area contributed by atoms with E-state index in [0.29, 0.717) is 18.4 Å². The van der Waals surface area contributed by atoms with Gasteiger partial charge in [0, 0.05) is 57.0 Å². The molecule has 23 heavy (non-hydrogen) atoms. The second-order valence-corrected chi connectivity index (χ2v) is 5.84. The Balaban J connectivity index is 1.55. The molecule has 3 heterocycles. The fourth-order valence-electron chi connectivity index (χ4n) is 2.96. The average Bonchev–Trinajstić information content (AvgIpc) is 2.62. The molecule has 0 bridgehead atoms. The smallest absolute Gasteiger partial charge is 0.293 e. The monoisotopic (exact) mass is 313 g/mol. The topological polar surface area (TPSA) is 63.1 Å². The lowest BCUT2D eigenvalue weighted by Crippen LogP contribution is -2.44. The molecule has 0 saturated carbocycles. The van der Waals surface area contributed by atoms with E-state index in [1.165, 1.54) is 5.56 Å². The Hall–Kier alpha value is -2.21. The Bertz CT molecular complexity index is 677. The molecule has 0 amide bonds. The summed E-state index contributed by atoms with van der Waals surface area (Å²) in [6, 6.07) is 4.54. The summed E-state index contributed by atoms with van der Waals surface area (Å²) < 4.78 is 1.70. The first-order valence-electron chi connectivity index (χ1n) is 8.20. The molecule has 122 valence electrons. The van der Waals surface area contributed by atoms with Crippen LogP contribution in [0.15, 0.2) is 41.7 Å². The van der Waals surface area contributed by atoms with E-state index in [1.807, 2.05) is 31.5 Å². The van der Waals surface area contributed by atoms with E-state index in [0.717, 1.165) is 32.5 Å². The van der Waals surface area contributed by atoms with Crippen molar-refractivity contribution in [3.05, 3.63) is 52.8 Å². The van der Waals surface area contributed by atoms with E-state index in [4.69, 9.17) is 0 Å². The number of aromatic nitrogens is 3. The largest absolute Gasteiger partial charge is 0.352 e. The van der Waals surface area contributed by atoms with Crippen LogP contribution in [0.5, 0.6) is 0 Å². The van der Waals surface area contributed by atoms with Crippen molar-refractivity contribution in [2.45, 2.75) is 38.9 Å². The number of hydrogen-bond donors (Lipinski definition) is 1. The third-order valence-electron chi connectivity index (χ3n) is 4.37. The summed E-state index contributed by atoms with van der Waals surface area (Å²) in [7, 11) is 0. The van der Waals surface area contributed by atoms with Crippen LogP contribution < -0.4 is 15.8 Å². The molecule has 6 heteroatoms. The van der Waals surface area contributed by atoms with E-state index < -0.39 is 0 Å². The van der Waals surface area contributed by atoms with Crippen LogP contribution in [0.25, 0.3) is 0 Å². The zero-order chi connectivity index (χ0) is 16.1. The Morgan fingerprint density at radius 3 is 2.65 bits per heavy atom. The molecule has 0 atom stereocenters. The van der Waals surface area contributed by atoms with E-state index in [1.54, 1.807) is 17.0 Å². The summed E-state index contributed by atoms with van der Waals surface area (Å²) in [5, 5.41) is 3.59. The second kappa shape index (κ2) is 7.37. The summed E-state index contributed by atoms with van der Waals surface area (Å²) >= 11 is 0. The Morgan fingerprint density at radius 1 is 1.22 bits per heavy atom. The van der Waals surface area contributed by atoms with Crippen molar-refractivity contribution in [1.29, 1.82) is 0 Å². The molecule has 0 radical (unpaired) electrons. The Labute approximate surface area is 136 Å². The molecule has 0 aliphatic carbocycles. The van der Waals surface area contributed by atoms with Gasteiger partial charge in [0.1, 0.15) is 0 Å². The molecule has 1 aliphatic rings. The number of pyridine rings is 1. The molecule has 2 aromatic heterocycles. The highest BCUT2D eigenvalue weighted by atomic mass is 16.1. The van der Waals surface area contributed by atoms with Crippen LogP contribution in [0.4, 0.5) is 5.82 Å². The molecular formula is C17H23N5O. The number of aryl methyl sites for hydroxylation is 1. The van der Waals surface area contributed by atoms with Gasteiger partial charge in [-0.1, -0.05) is 0 Å². The summed E-state index contributed by atoms with van der Waals surface area (Å²) in [5.41, 5.74) is 1.26. The van der Waals surface area contributed by atoms with Gasteiger partial charge in [0.25, 0.3) is 5.56 Å². The van der Waals surface area contributed by atoms with Crippen LogP contribution in [-0.4, -0.2) is 33.7 Å². The Kier molecular flexibility index (Phi) is 5.02. The molecule has 1 aliphatic heterocycles. The van der Waals surface area contributed by atoms with Crippen molar-refractivity contribution in [2.75, 3.05) is 18.0 Å². The summed E-state index contributed by atoms with van der Waals surface area (Å²) in [5.74, 6) is 0.585. The average molecular weight is 313 g/mol. The van der Waals surface area contributed by atoms with Crippen molar-refractivity contribution >= 4 is 5.82 Å². The first-order valence-corrected chi connectivity index (χ1v) is 8.20. The lowest BCUT2D eigenvalue weighted by atomic mass is 10.0. The molecular weight excluding hydrogens is 290 g/mol. The van der Waals surface area contributed by atoms with Gasteiger partial charge in [-0.05, 0) is 37.5 Å². The minimum absolute atomic E-state index is 0.0122. The first-order chi connectivity index (χ1) is 11.3. The zero-order valence-corrected chi connectivity index (χ0v) is 13.5. The summed E-state index contributed by atoms with van der Waals surface area (Å²) in [6.07, 6.45) is 9.14. The molecule has 3 rings (SSSR count). The van der Waals surface area contributed by atoms with Crippen molar-refractivity contribution in [1.82, 2.24) is 19.9 Å². The molecule has 2 aromatic rings. The highest BCUT2D eigenvalue weighted by molar-refractivity contribution is 5.36. The van der Waals surface area contributed by atoms with Crippen molar-refractivity contribution in [2.24, 2.45) is 0 Å². The number of nitrogens with zero attached hydrogens (tertiary/aromatic N) is 4. The molecule has 0 unspecified atom stereocenters. The maximum Gasteiger partial charge on any atom is 0.293 e. The van der Waals surface area contributed by atoms with Gasteiger partial charge in [-0.2, -0.15) is 0 Å². The van der Waals surface area contributed by atoms with E-state index >= 15 is 0 Å². The van der Waals surface area contributed by atoms with Crippen LogP contribution in [0, 0.1) is 0 Å². The Morgan fingerprint density at radius 2 is 1.96 bits per heavy atom.